The smallest absolute Gasteiger partial charge is 0.297 e. The SMILES string of the molecule is CCCCCCOc1c(OC/C=C(\C)CCC=C(C)C)c2ccc([N+](=O)[O-])cc2n(CCCC)c1=O. The fourth-order valence-corrected chi connectivity index (χ4v) is 3.97. The van der Waals surface area contributed by atoms with E-state index in [1.807, 2.05) is 13.0 Å². The van der Waals surface area contributed by atoms with Crippen LogP contribution in [0.4, 0.5) is 5.69 Å². The predicted octanol–water partition coefficient (Wildman–Crippen LogP) is 7.74. The second-order valence-electron chi connectivity index (χ2n) is 9.52. The zero-order chi connectivity index (χ0) is 26.5. The third kappa shape index (κ3) is 8.54. The molecule has 2 aromatic rings. The molecule has 0 unspecified atom stereocenters. The molecule has 0 N–H and O–H groups in total. The second kappa shape index (κ2) is 15.1. The molecule has 0 aliphatic heterocycles. The van der Waals surface area contributed by atoms with Crippen LogP contribution in [-0.4, -0.2) is 22.7 Å². The third-order valence-corrected chi connectivity index (χ3v) is 6.10. The molecule has 1 heterocycles. The minimum absolute atomic E-state index is 0.0543. The summed E-state index contributed by atoms with van der Waals surface area (Å²) in [5.41, 5.74) is 2.64. The molecule has 7 heteroatoms. The van der Waals surface area contributed by atoms with Crippen LogP contribution in [-0.2, 0) is 6.54 Å². The highest BCUT2D eigenvalue weighted by molar-refractivity contribution is 5.89. The maximum absolute atomic E-state index is 13.6. The van der Waals surface area contributed by atoms with Gasteiger partial charge in [-0.05, 0) is 58.6 Å². The lowest BCUT2D eigenvalue weighted by Gasteiger charge is -2.18. The maximum Gasteiger partial charge on any atom is 0.297 e. The Bertz CT molecular complexity index is 1130. The van der Waals surface area contributed by atoms with Crippen LogP contribution in [0.2, 0.25) is 0 Å². The molecule has 1 aromatic heterocycles. The Morgan fingerprint density at radius 2 is 1.75 bits per heavy atom. The first kappa shape index (κ1) is 29.1. The van der Waals surface area contributed by atoms with Crippen molar-refractivity contribution in [3.63, 3.8) is 0 Å². The van der Waals surface area contributed by atoms with Crippen molar-refractivity contribution in [1.29, 1.82) is 0 Å². The van der Waals surface area contributed by atoms with E-state index >= 15 is 0 Å². The molecular weight excluding hydrogens is 456 g/mol. The number of hydrogen-bond donors (Lipinski definition) is 0. The summed E-state index contributed by atoms with van der Waals surface area (Å²) in [5.74, 6) is 0.557. The van der Waals surface area contributed by atoms with Gasteiger partial charge >= 0.3 is 0 Å². The molecule has 0 spiro atoms. The van der Waals surface area contributed by atoms with Crippen molar-refractivity contribution in [3.8, 4) is 11.5 Å². The Labute approximate surface area is 215 Å². The van der Waals surface area contributed by atoms with Crippen LogP contribution < -0.4 is 15.0 Å². The Morgan fingerprint density at radius 1 is 1.00 bits per heavy atom. The van der Waals surface area contributed by atoms with E-state index < -0.39 is 4.92 Å². The first-order chi connectivity index (χ1) is 17.3. The molecule has 0 aliphatic carbocycles. The van der Waals surface area contributed by atoms with Crippen molar-refractivity contribution in [3.05, 3.63) is 62.0 Å². The Kier molecular flexibility index (Phi) is 12.2. The number of unbranched alkanes of at least 4 members (excludes halogenated alkanes) is 4. The van der Waals surface area contributed by atoms with Crippen LogP contribution in [0.15, 0.2) is 46.3 Å². The van der Waals surface area contributed by atoms with Gasteiger partial charge in [0.05, 0.1) is 17.0 Å². The van der Waals surface area contributed by atoms with Gasteiger partial charge in [-0.1, -0.05) is 56.8 Å². The Balaban J connectivity index is 2.48. The standard InChI is InChI=1S/C29H42N2O5/c1-6-8-10-11-19-35-28-27(36-20-17-23(5)14-12-13-22(3)4)25-16-15-24(31(33)34)21-26(25)30(29(28)32)18-9-7-2/h13,15-17,21H,6-12,14,18-20H2,1-5H3/b23-17+. The molecule has 0 amide bonds. The number of nitrogens with zero attached hydrogens (tertiary/aromatic N) is 2. The average molecular weight is 499 g/mol. The molecule has 36 heavy (non-hydrogen) atoms. The van der Waals surface area contributed by atoms with Gasteiger partial charge in [0, 0.05) is 24.1 Å². The highest BCUT2D eigenvalue weighted by atomic mass is 16.6. The van der Waals surface area contributed by atoms with Crippen LogP contribution in [0, 0.1) is 10.1 Å². The van der Waals surface area contributed by atoms with Gasteiger partial charge in [0.25, 0.3) is 11.2 Å². The predicted molar refractivity (Wildman–Crippen MR) is 147 cm³/mol. The summed E-state index contributed by atoms with van der Waals surface area (Å²) in [5, 5.41) is 12.1. The zero-order valence-corrected chi connectivity index (χ0v) is 22.6. The largest absolute Gasteiger partial charge is 0.485 e. The van der Waals surface area contributed by atoms with Gasteiger partial charge in [0.2, 0.25) is 5.75 Å². The number of allylic oxidation sites excluding steroid dienone is 3. The number of hydrogen-bond acceptors (Lipinski definition) is 5. The van der Waals surface area contributed by atoms with Gasteiger partial charge in [-0.3, -0.25) is 14.9 Å². The van der Waals surface area contributed by atoms with E-state index in [0.717, 1.165) is 51.4 Å². The fourth-order valence-electron chi connectivity index (χ4n) is 3.97. The number of nitro benzene ring substituents is 1. The van der Waals surface area contributed by atoms with E-state index in [4.69, 9.17) is 9.47 Å². The highest BCUT2D eigenvalue weighted by Crippen LogP contribution is 2.35. The number of benzene rings is 1. The van der Waals surface area contributed by atoms with E-state index in [9.17, 15) is 14.9 Å². The summed E-state index contributed by atoms with van der Waals surface area (Å²) < 4.78 is 13.8. The van der Waals surface area contributed by atoms with E-state index in [2.05, 4.69) is 33.8 Å². The van der Waals surface area contributed by atoms with Gasteiger partial charge in [-0.15, -0.1) is 0 Å². The van der Waals surface area contributed by atoms with Gasteiger partial charge in [-0.25, -0.2) is 0 Å². The molecular formula is C29H42N2O5. The summed E-state index contributed by atoms with van der Waals surface area (Å²) in [4.78, 5) is 24.6. The number of non-ortho nitro benzene ring substituents is 1. The van der Waals surface area contributed by atoms with Crippen molar-refractivity contribution in [2.24, 2.45) is 0 Å². The Hall–Kier alpha value is -3.09. The molecule has 0 fully saturated rings. The molecule has 198 valence electrons. The van der Waals surface area contributed by atoms with Crippen LogP contribution in [0.5, 0.6) is 11.5 Å². The van der Waals surface area contributed by atoms with Crippen LogP contribution >= 0.6 is 0 Å². The van der Waals surface area contributed by atoms with E-state index in [0.29, 0.717) is 29.8 Å². The van der Waals surface area contributed by atoms with E-state index in [1.54, 1.807) is 10.6 Å². The van der Waals surface area contributed by atoms with Crippen molar-refractivity contribution >= 4 is 16.6 Å². The monoisotopic (exact) mass is 498 g/mol. The summed E-state index contributed by atoms with van der Waals surface area (Å²) >= 11 is 0. The lowest BCUT2D eigenvalue weighted by molar-refractivity contribution is -0.384. The molecule has 2 rings (SSSR count). The first-order valence-electron chi connectivity index (χ1n) is 13.2. The summed E-state index contributed by atoms with van der Waals surface area (Å²) in [6.07, 6.45) is 11.9. The zero-order valence-electron chi connectivity index (χ0n) is 22.6. The molecule has 0 aliphatic rings. The van der Waals surface area contributed by atoms with Crippen molar-refractivity contribution in [2.45, 2.75) is 92.5 Å². The quantitative estimate of drug-likeness (QED) is 0.102. The highest BCUT2D eigenvalue weighted by Gasteiger charge is 2.21. The van der Waals surface area contributed by atoms with Crippen LogP contribution in [0.1, 0.15) is 86.0 Å². The molecule has 0 radical (unpaired) electrons. The molecule has 0 saturated heterocycles. The van der Waals surface area contributed by atoms with Crippen molar-refractivity contribution in [1.82, 2.24) is 4.57 Å². The van der Waals surface area contributed by atoms with Gasteiger partial charge in [0.1, 0.15) is 6.61 Å². The minimum Gasteiger partial charge on any atom is -0.485 e. The number of rotatable bonds is 16. The van der Waals surface area contributed by atoms with E-state index in [1.165, 1.54) is 23.3 Å². The maximum atomic E-state index is 13.6. The van der Waals surface area contributed by atoms with Gasteiger partial charge in [0.15, 0.2) is 5.75 Å². The topological polar surface area (TPSA) is 83.6 Å². The van der Waals surface area contributed by atoms with Gasteiger partial charge in [-0.2, -0.15) is 0 Å². The van der Waals surface area contributed by atoms with Crippen molar-refractivity contribution < 1.29 is 14.4 Å². The van der Waals surface area contributed by atoms with E-state index in [-0.39, 0.29) is 23.6 Å². The number of ether oxygens (including phenoxy) is 2. The fraction of sp³-hybridized carbons (Fsp3) is 0.552. The number of pyridine rings is 1. The second-order valence-corrected chi connectivity index (χ2v) is 9.52. The Morgan fingerprint density at radius 3 is 2.42 bits per heavy atom. The molecule has 0 saturated carbocycles. The number of aryl methyl sites for hydroxylation is 1. The van der Waals surface area contributed by atoms with Crippen LogP contribution in [0.3, 0.4) is 0 Å². The summed E-state index contributed by atoms with van der Waals surface area (Å²) in [6.45, 7) is 11.6. The summed E-state index contributed by atoms with van der Waals surface area (Å²) in [6, 6.07) is 4.58. The molecule has 0 atom stereocenters. The number of aromatic nitrogens is 1. The normalized spacial score (nSPS) is 11.5. The molecule has 0 bridgehead atoms. The number of fused-ring (bicyclic) bond motifs is 1. The average Bonchev–Trinajstić information content (AvgIpc) is 2.84. The minimum atomic E-state index is -0.439. The lowest BCUT2D eigenvalue weighted by atomic mass is 10.1. The third-order valence-electron chi connectivity index (χ3n) is 6.10. The molecule has 1 aromatic carbocycles. The molecule has 7 nitrogen and oxygen atoms in total. The first-order valence-corrected chi connectivity index (χ1v) is 13.2. The van der Waals surface area contributed by atoms with Crippen molar-refractivity contribution in [2.75, 3.05) is 13.2 Å². The lowest BCUT2D eigenvalue weighted by Crippen LogP contribution is -2.24. The van der Waals surface area contributed by atoms with Gasteiger partial charge < -0.3 is 14.0 Å². The van der Waals surface area contributed by atoms with Crippen LogP contribution in [0.25, 0.3) is 10.9 Å². The summed E-state index contributed by atoms with van der Waals surface area (Å²) in [7, 11) is 0. The number of nitro groups is 1.